The van der Waals surface area contributed by atoms with Crippen LogP contribution in [0.5, 0.6) is 0 Å². The predicted molar refractivity (Wildman–Crippen MR) is 76.9 cm³/mol. The average Bonchev–Trinajstić information content (AvgIpc) is 2.38. The van der Waals surface area contributed by atoms with E-state index in [2.05, 4.69) is 18.3 Å². The molecule has 1 saturated heterocycles. The summed E-state index contributed by atoms with van der Waals surface area (Å²) in [7, 11) is 0. The molecule has 102 valence electrons. The van der Waals surface area contributed by atoms with Gasteiger partial charge in [0.2, 0.25) is 0 Å². The van der Waals surface area contributed by atoms with Crippen molar-refractivity contribution in [3.05, 3.63) is 30.3 Å². The van der Waals surface area contributed by atoms with Crippen LogP contribution in [0.4, 0.5) is 20.2 Å². The second kappa shape index (κ2) is 5.29. The van der Waals surface area contributed by atoms with Gasteiger partial charge in [-0.1, -0.05) is 18.2 Å². The van der Waals surface area contributed by atoms with Crippen molar-refractivity contribution in [1.82, 2.24) is 0 Å². The van der Waals surface area contributed by atoms with Gasteiger partial charge in [-0.05, 0) is 24.9 Å². The minimum Gasteiger partial charge on any atom is -0.371 e. The van der Waals surface area contributed by atoms with Crippen molar-refractivity contribution in [2.24, 2.45) is 4.99 Å². The molecule has 1 aromatic carbocycles. The lowest BCUT2D eigenvalue weighted by molar-refractivity contribution is -0.0220. The zero-order chi connectivity index (χ0) is 14.0. The highest BCUT2D eigenvalue weighted by molar-refractivity contribution is 6.48. The Hall–Kier alpha value is -1.42. The van der Waals surface area contributed by atoms with Crippen molar-refractivity contribution in [1.29, 1.82) is 0 Å². The van der Waals surface area contributed by atoms with Gasteiger partial charge in [-0.25, -0.2) is 8.78 Å². The van der Waals surface area contributed by atoms with Crippen LogP contribution in [0.2, 0.25) is 0 Å². The van der Waals surface area contributed by atoms with Crippen molar-refractivity contribution >= 4 is 34.7 Å². The molecule has 0 radical (unpaired) electrons. The van der Waals surface area contributed by atoms with Crippen LogP contribution in [0, 0.1) is 0 Å². The molecule has 5 heteroatoms. The first-order valence-electron chi connectivity index (χ1n) is 6.01. The molecule has 0 aromatic heterocycles. The van der Waals surface area contributed by atoms with E-state index < -0.39 is 5.92 Å². The summed E-state index contributed by atoms with van der Waals surface area (Å²) in [6.45, 7) is 7.83. The number of rotatable bonds is 3. The maximum atomic E-state index is 13.1. The second-order valence-corrected chi connectivity index (χ2v) is 5.06. The monoisotopic (exact) mass is 284 g/mol. The Morgan fingerprint density at radius 1 is 1.32 bits per heavy atom. The van der Waals surface area contributed by atoms with Crippen LogP contribution in [0.15, 0.2) is 29.8 Å². The van der Waals surface area contributed by atoms with Crippen molar-refractivity contribution in [3.63, 3.8) is 0 Å². The summed E-state index contributed by atoms with van der Waals surface area (Å²) < 4.78 is 26.3. The number of hydrogen-bond acceptors (Lipinski definition) is 2. The third-order valence-corrected chi connectivity index (χ3v) is 3.51. The summed E-state index contributed by atoms with van der Waals surface area (Å²) in [5, 5.41) is 0.367. The molecule has 1 fully saturated rings. The lowest BCUT2D eigenvalue weighted by atomic mass is 10.0. The number of benzene rings is 1. The Morgan fingerprint density at radius 3 is 2.47 bits per heavy atom. The zero-order valence-electron chi connectivity index (χ0n) is 10.5. The van der Waals surface area contributed by atoms with Gasteiger partial charge in [-0.3, -0.25) is 4.99 Å². The van der Waals surface area contributed by atoms with Gasteiger partial charge in [0, 0.05) is 42.2 Å². The standard InChI is InChI=1S/C14H15ClF2N2/c1-10(15)12-9-11(3-4-13(12)18-2)19-7-5-14(16,17)6-8-19/h3-4,9H,1-2,5-8H2. The first-order valence-corrected chi connectivity index (χ1v) is 6.39. The Labute approximate surface area is 116 Å². The van der Waals surface area contributed by atoms with Crippen molar-refractivity contribution in [2.45, 2.75) is 18.8 Å². The van der Waals surface area contributed by atoms with Crippen molar-refractivity contribution in [2.75, 3.05) is 18.0 Å². The fraction of sp³-hybridized carbons (Fsp3) is 0.357. The SMILES string of the molecule is C=Nc1ccc(N2CCC(F)(F)CC2)cc1C(=C)Cl. The number of hydrogen-bond donors (Lipinski definition) is 0. The van der Waals surface area contributed by atoms with E-state index in [4.69, 9.17) is 11.6 Å². The summed E-state index contributed by atoms with van der Waals surface area (Å²) >= 11 is 5.92. The van der Waals surface area contributed by atoms with E-state index in [-0.39, 0.29) is 12.8 Å². The van der Waals surface area contributed by atoms with E-state index in [1.54, 1.807) is 6.07 Å². The summed E-state index contributed by atoms with van der Waals surface area (Å²) in [5.74, 6) is -2.54. The van der Waals surface area contributed by atoms with Crippen LogP contribution < -0.4 is 4.90 Å². The number of alkyl halides is 2. The quantitative estimate of drug-likeness (QED) is 0.748. The fourth-order valence-corrected chi connectivity index (χ4v) is 2.32. The van der Waals surface area contributed by atoms with Gasteiger partial charge in [0.05, 0.1) is 5.69 Å². The first-order chi connectivity index (χ1) is 8.93. The molecular weight excluding hydrogens is 270 g/mol. The number of piperidine rings is 1. The Morgan fingerprint density at radius 2 is 1.95 bits per heavy atom. The Kier molecular flexibility index (Phi) is 3.90. The molecule has 0 bridgehead atoms. The lowest BCUT2D eigenvalue weighted by Crippen LogP contribution is -2.39. The van der Waals surface area contributed by atoms with E-state index in [9.17, 15) is 8.78 Å². The van der Waals surface area contributed by atoms with Gasteiger partial charge in [0.25, 0.3) is 5.92 Å². The van der Waals surface area contributed by atoms with Crippen LogP contribution in [-0.2, 0) is 0 Å². The van der Waals surface area contributed by atoms with Crippen LogP contribution >= 0.6 is 11.6 Å². The molecule has 0 spiro atoms. The van der Waals surface area contributed by atoms with Crippen LogP contribution in [0.1, 0.15) is 18.4 Å². The average molecular weight is 285 g/mol. The number of nitrogens with zero attached hydrogens (tertiary/aromatic N) is 2. The predicted octanol–water partition coefficient (Wildman–Crippen LogP) is 4.46. The Bertz CT molecular complexity index is 504. The molecule has 1 heterocycles. The molecule has 0 atom stereocenters. The molecule has 0 aliphatic carbocycles. The highest BCUT2D eigenvalue weighted by Gasteiger charge is 2.34. The normalized spacial score (nSPS) is 18.2. The fourth-order valence-electron chi connectivity index (χ4n) is 2.17. The lowest BCUT2D eigenvalue weighted by Gasteiger charge is -2.33. The Balaban J connectivity index is 2.24. The van der Waals surface area contributed by atoms with E-state index >= 15 is 0 Å². The van der Waals surface area contributed by atoms with Crippen LogP contribution in [0.3, 0.4) is 0 Å². The minimum atomic E-state index is -2.54. The first kappa shape index (κ1) is 14.0. The number of anilines is 1. The van der Waals surface area contributed by atoms with Crippen molar-refractivity contribution < 1.29 is 8.78 Å². The molecule has 1 aliphatic heterocycles. The summed E-state index contributed by atoms with van der Waals surface area (Å²) in [4.78, 5) is 5.79. The van der Waals surface area contributed by atoms with Crippen LogP contribution in [-0.4, -0.2) is 25.7 Å². The molecule has 0 unspecified atom stereocenters. The zero-order valence-corrected chi connectivity index (χ0v) is 11.3. The number of aliphatic imine (C=N–C) groups is 1. The van der Waals surface area contributed by atoms with Gasteiger partial charge in [-0.15, -0.1) is 0 Å². The molecule has 0 N–H and O–H groups in total. The maximum Gasteiger partial charge on any atom is 0.251 e. The summed E-state index contributed by atoms with van der Waals surface area (Å²) in [6.07, 6.45) is -0.239. The largest absolute Gasteiger partial charge is 0.371 e. The van der Waals surface area contributed by atoms with E-state index in [0.717, 1.165) is 5.69 Å². The van der Waals surface area contributed by atoms with Gasteiger partial charge in [0.15, 0.2) is 0 Å². The summed E-state index contributed by atoms with van der Waals surface area (Å²) in [5.41, 5.74) is 2.19. The molecule has 1 aliphatic rings. The highest BCUT2D eigenvalue weighted by atomic mass is 35.5. The number of halogens is 3. The molecule has 1 aromatic rings. The topological polar surface area (TPSA) is 15.6 Å². The molecule has 0 amide bonds. The highest BCUT2D eigenvalue weighted by Crippen LogP contribution is 2.35. The molecule has 19 heavy (non-hydrogen) atoms. The van der Waals surface area contributed by atoms with E-state index in [1.165, 1.54) is 0 Å². The minimum absolute atomic E-state index is 0.119. The van der Waals surface area contributed by atoms with E-state index in [1.807, 2.05) is 17.0 Å². The summed E-state index contributed by atoms with van der Waals surface area (Å²) in [6, 6.07) is 5.44. The third-order valence-electron chi connectivity index (χ3n) is 3.30. The van der Waals surface area contributed by atoms with Gasteiger partial charge in [0.1, 0.15) is 0 Å². The van der Waals surface area contributed by atoms with Crippen molar-refractivity contribution in [3.8, 4) is 0 Å². The third kappa shape index (κ3) is 3.13. The molecule has 2 nitrogen and oxygen atoms in total. The smallest absolute Gasteiger partial charge is 0.251 e. The van der Waals surface area contributed by atoms with E-state index in [0.29, 0.717) is 29.4 Å². The molecule has 2 rings (SSSR count). The van der Waals surface area contributed by atoms with Crippen LogP contribution in [0.25, 0.3) is 5.03 Å². The maximum absolute atomic E-state index is 13.1. The molecular formula is C14H15ClF2N2. The second-order valence-electron chi connectivity index (χ2n) is 4.61. The van der Waals surface area contributed by atoms with Gasteiger partial charge >= 0.3 is 0 Å². The molecule has 0 saturated carbocycles. The van der Waals surface area contributed by atoms with Gasteiger partial charge in [-0.2, -0.15) is 0 Å². The van der Waals surface area contributed by atoms with Gasteiger partial charge < -0.3 is 4.90 Å².